The smallest absolute Gasteiger partial charge is 0.230 e. The van der Waals surface area contributed by atoms with Crippen molar-refractivity contribution in [3.05, 3.63) is 47.7 Å². The van der Waals surface area contributed by atoms with Gasteiger partial charge in [0.25, 0.3) is 0 Å². The van der Waals surface area contributed by atoms with Crippen molar-refractivity contribution in [3.63, 3.8) is 0 Å². The van der Waals surface area contributed by atoms with Crippen molar-refractivity contribution >= 4 is 0 Å². The van der Waals surface area contributed by atoms with E-state index in [0.717, 1.165) is 12.3 Å². The maximum absolute atomic E-state index is 5.92. The lowest BCUT2D eigenvalue weighted by atomic mass is 9.85. The van der Waals surface area contributed by atoms with E-state index in [4.69, 9.17) is 4.42 Å². The predicted octanol–water partition coefficient (Wildman–Crippen LogP) is 3.50. The average molecular weight is 285 g/mol. The molecular formula is C17H23N3O. The van der Waals surface area contributed by atoms with Gasteiger partial charge in [-0.1, -0.05) is 50.6 Å². The zero-order valence-corrected chi connectivity index (χ0v) is 12.7. The molecule has 1 N–H and O–H groups in total. The van der Waals surface area contributed by atoms with Crippen molar-refractivity contribution in [2.45, 2.75) is 51.6 Å². The summed E-state index contributed by atoms with van der Waals surface area (Å²) in [4.78, 5) is 0. The second kappa shape index (κ2) is 6.39. The highest BCUT2D eigenvalue weighted by Gasteiger charge is 2.26. The third kappa shape index (κ3) is 3.50. The highest BCUT2D eigenvalue weighted by atomic mass is 16.4. The van der Waals surface area contributed by atoms with Crippen molar-refractivity contribution in [1.29, 1.82) is 0 Å². The second-order valence-corrected chi connectivity index (χ2v) is 5.96. The minimum atomic E-state index is 0.179. The molecular weight excluding hydrogens is 262 g/mol. The Kier molecular flexibility index (Phi) is 4.34. The Balaban J connectivity index is 1.79. The fraction of sp³-hybridized carbons (Fsp3) is 0.529. The topological polar surface area (TPSA) is 51.0 Å². The Hall–Kier alpha value is -1.68. The van der Waals surface area contributed by atoms with E-state index in [1.807, 2.05) is 6.07 Å². The van der Waals surface area contributed by atoms with Crippen LogP contribution in [0.1, 0.15) is 56.4 Å². The van der Waals surface area contributed by atoms with Gasteiger partial charge in [-0.25, -0.2) is 0 Å². The van der Waals surface area contributed by atoms with Gasteiger partial charge in [0, 0.05) is 6.04 Å². The first-order valence-electron chi connectivity index (χ1n) is 7.88. The van der Waals surface area contributed by atoms with E-state index in [1.54, 1.807) is 0 Å². The maximum Gasteiger partial charge on any atom is 0.230 e. The summed E-state index contributed by atoms with van der Waals surface area (Å²) in [7, 11) is 0. The molecule has 1 aromatic carbocycles. The molecule has 1 saturated carbocycles. The van der Waals surface area contributed by atoms with Gasteiger partial charge in [-0.2, -0.15) is 0 Å². The highest BCUT2D eigenvalue weighted by molar-refractivity contribution is 5.25. The Bertz CT molecular complexity index is 562. The standard InChI is InChI=1S/C17H23N3O/c1-3-12(2)16(13-7-5-4-6-8-13)17-20-19-15(21-17)11-18-14-9-10-14/h4-8,12,14,16,18H,3,9-11H2,1-2H3. The summed E-state index contributed by atoms with van der Waals surface area (Å²) < 4.78 is 5.92. The van der Waals surface area contributed by atoms with Gasteiger partial charge in [0.2, 0.25) is 11.8 Å². The average Bonchev–Trinajstić information content (AvgIpc) is 3.25. The van der Waals surface area contributed by atoms with E-state index in [9.17, 15) is 0 Å². The van der Waals surface area contributed by atoms with Crippen molar-refractivity contribution in [1.82, 2.24) is 15.5 Å². The first-order valence-corrected chi connectivity index (χ1v) is 7.88. The largest absolute Gasteiger partial charge is 0.423 e. The summed E-state index contributed by atoms with van der Waals surface area (Å²) in [5.74, 6) is 2.08. The van der Waals surface area contributed by atoms with Crippen LogP contribution in [0.15, 0.2) is 34.7 Å². The summed E-state index contributed by atoms with van der Waals surface area (Å²) in [5.41, 5.74) is 1.25. The van der Waals surface area contributed by atoms with Crippen LogP contribution in [-0.2, 0) is 6.54 Å². The fourth-order valence-corrected chi connectivity index (χ4v) is 2.59. The molecule has 1 heterocycles. The molecule has 1 fully saturated rings. The summed E-state index contributed by atoms with van der Waals surface area (Å²) in [6.07, 6.45) is 3.61. The first kappa shape index (κ1) is 14.3. The molecule has 2 aromatic rings. The molecule has 2 unspecified atom stereocenters. The Morgan fingerprint density at radius 3 is 2.67 bits per heavy atom. The molecule has 1 aromatic heterocycles. The number of benzene rings is 1. The monoisotopic (exact) mass is 285 g/mol. The molecule has 4 heteroatoms. The van der Waals surface area contributed by atoms with Crippen LogP contribution >= 0.6 is 0 Å². The van der Waals surface area contributed by atoms with Crippen molar-refractivity contribution in [3.8, 4) is 0 Å². The molecule has 0 bridgehead atoms. The third-order valence-electron chi connectivity index (χ3n) is 4.24. The van der Waals surface area contributed by atoms with Gasteiger partial charge in [-0.05, 0) is 24.3 Å². The van der Waals surface area contributed by atoms with Crippen LogP contribution in [0.4, 0.5) is 0 Å². The number of hydrogen-bond donors (Lipinski definition) is 1. The molecule has 0 saturated heterocycles. The normalized spacial score (nSPS) is 17.6. The van der Waals surface area contributed by atoms with Gasteiger partial charge >= 0.3 is 0 Å². The van der Waals surface area contributed by atoms with Crippen molar-refractivity contribution in [2.75, 3.05) is 0 Å². The predicted molar refractivity (Wildman–Crippen MR) is 81.9 cm³/mol. The molecule has 0 aliphatic heterocycles. The minimum Gasteiger partial charge on any atom is -0.423 e. The van der Waals surface area contributed by atoms with E-state index in [0.29, 0.717) is 24.4 Å². The van der Waals surface area contributed by atoms with Gasteiger partial charge in [0.15, 0.2) is 0 Å². The van der Waals surface area contributed by atoms with Gasteiger partial charge in [0.05, 0.1) is 12.5 Å². The van der Waals surface area contributed by atoms with E-state index in [2.05, 4.69) is 53.6 Å². The van der Waals surface area contributed by atoms with Crippen LogP contribution in [0, 0.1) is 5.92 Å². The van der Waals surface area contributed by atoms with Crippen LogP contribution in [0.25, 0.3) is 0 Å². The molecule has 21 heavy (non-hydrogen) atoms. The molecule has 2 atom stereocenters. The fourth-order valence-electron chi connectivity index (χ4n) is 2.59. The van der Waals surface area contributed by atoms with Crippen LogP contribution in [0.3, 0.4) is 0 Å². The zero-order valence-electron chi connectivity index (χ0n) is 12.7. The quantitative estimate of drug-likeness (QED) is 0.846. The molecule has 112 valence electrons. The highest BCUT2D eigenvalue weighted by Crippen LogP contribution is 2.32. The number of aromatic nitrogens is 2. The van der Waals surface area contributed by atoms with Crippen LogP contribution in [0.2, 0.25) is 0 Å². The Morgan fingerprint density at radius 1 is 1.24 bits per heavy atom. The lowest BCUT2D eigenvalue weighted by molar-refractivity contribution is 0.369. The molecule has 0 spiro atoms. The van der Waals surface area contributed by atoms with Crippen molar-refractivity contribution in [2.24, 2.45) is 5.92 Å². The molecule has 3 rings (SSSR count). The van der Waals surface area contributed by atoms with E-state index >= 15 is 0 Å². The van der Waals surface area contributed by atoms with E-state index in [-0.39, 0.29) is 5.92 Å². The molecule has 0 amide bonds. The summed E-state index contributed by atoms with van der Waals surface area (Å²) in [5, 5.41) is 11.9. The van der Waals surface area contributed by atoms with Gasteiger partial charge in [-0.3, -0.25) is 0 Å². The van der Waals surface area contributed by atoms with Crippen LogP contribution < -0.4 is 5.32 Å². The summed E-state index contributed by atoms with van der Waals surface area (Å²) in [6, 6.07) is 11.1. The lowest BCUT2D eigenvalue weighted by Crippen LogP contribution is -2.15. The first-order chi connectivity index (χ1) is 10.3. The van der Waals surface area contributed by atoms with Gasteiger partial charge in [0.1, 0.15) is 0 Å². The van der Waals surface area contributed by atoms with Crippen LogP contribution in [-0.4, -0.2) is 16.2 Å². The van der Waals surface area contributed by atoms with Gasteiger partial charge in [-0.15, -0.1) is 10.2 Å². The molecule has 0 radical (unpaired) electrons. The number of hydrogen-bond acceptors (Lipinski definition) is 4. The zero-order chi connectivity index (χ0) is 14.7. The van der Waals surface area contributed by atoms with E-state index in [1.165, 1.54) is 18.4 Å². The summed E-state index contributed by atoms with van der Waals surface area (Å²) in [6.45, 7) is 5.12. The van der Waals surface area contributed by atoms with Gasteiger partial charge < -0.3 is 9.73 Å². The number of rotatable bonds is 7. The van der Waals surface area contributed by atoms with Crippen LogP contribution in [0.5, 0.6) is 0 Å². The maximum atomic E-state index is 5.92. The number of nitrogens with one attached hydrogen (secondary N) is 1. The molecule has 1 aliphatic rings. The lowest BCUT2D eigenvalue weighted by Gasteiger charge is -2.19. The third-order valence-corrected chi connectivity index (χ3v) is 4.24. The SMILES string of the molecule is CCC(C)C(c1ccccc1)c1nnc(CNC2CC2)o1. The Morgan fingerprint density at radius 2 is 2.00 bits per heavy atom. The molecule has 1 aliphatic carbocycles. The van der Waals surface area contributed by atoms with Crippen molar-refractivity contribution < 1.29 is 4.42 Å². The van der Waals surface area contributed by atoms with E-state index < -0.39 is 0 Å². The molecule has 4 nitrogen and oxygen atoms in total. The second-order valence-electron chi connectivity index (χ2n) is 5.96. The summed E-state index contributed by atoms with van der Waals surface area (Å²) >= 11 is 0. The minimum absolute atomic E-state index is 0.179. The Labute approximate surface area is 126 Å². The number of nitrogens with zero attached hydrogens (tertiary/aromatic N) is 2.